The third-order valence-electron chi connectivity index (χ3n) is 3.24. The van der Waals surface area contributed by atoms with Crippen molar-refractivity contribution in [1.29, 1.82) is 5.26 Å². The van der Waals surface area contributed by atoms with Gasteiger partial charge in [-0.15, -0.1) is 11.3 Å². The van der Waals surface area contributed by atoms with E-state index in [2.05, 4.69) is 11.1 Å². The average molecular weight is 322 g/mol. The Morgan fingerprint density at radius 3 is 2.91 bits per heavy atom. The van der Waals surface area contributed by atoms with E-state index in [1.165, 1.54) is 11.3 Å². The zero-order valence-corrected chi connectivity index (χ0v) is 13.3. The van der Waals surface area contributed by atoms with Gasteiger partial charge >= 0.3 is 0 Å². The molecule has 3 rings (SSSR count). The van der Waals surface area contributed by atoms with Gasteiger partial charge in [0.1, 0.15) is 11.1 Å². The van der Waals surface area contributed by atoms with Crippen LogP contribution in [-0.2, 0) is 0 Å². The molecule has 0 unspecified atom stereocenters. The first-order chi connectivity index (χ1) is 11.2. The van der Waals surface area contributed by atoms with Crippen LogP contribution in [0.2, 0.25) is 0 Å². The Morgan fingerprint density at radius 2 is 2.17 bits per heavy atom. The van der Waals surface area contributed by atoms with Crippen LogP contribution in [0, 0.1) is 11.3 Å². The third-order valence-corrected chi connectivity index (χ3v) is 4.31. The van der Waals surface area contributed by atoms with Crippen LogP contribution in [0.25, 0.3) is 21.9 Å². The number of allylic oxidation sites excluding steroid dienone is 1. The molecule has 0 aliphatic heterocycles. The molecular formula is C18H14N2O2S. The number of fused-ring (bicyclic) bond motifs is 1. The highest BCUT2D eigenvalue weighted by Gasteiger charge is 2.09. The standard InChI is InChI=1S/C18H14N2O2S/c1-2-22-16-10-12(7-8-15(16)21)9-13(11-19)18-20-14-5-3-4-6-17(14)23-18/h3-10,21H,2H2,1H3. The van der Waals surface area contributed by atoms with Gasteiger partial charge in [-0.3, -0.25) is 0 Å². The number of benzene rings is 2. The summed E-state index contributed by atoms with van der Waals surface area (Å²) >= 11 is 1.48. The highest BCUT2D eigenvalue weighted by atomic mass is 32.1. The van der Waals surface area contributed by atoms with Crippen molar-refractivity contribution in [3.8, 4) is 17.6 Å². The minimum Gasteiger partial charge on any atom is -0.504 e. The van der Waals surface area contributed by atoms with Crippen molar-refractivity contribution in [1.82, 2.24) is 4.98 Å². The molecule has 0 atom stereocenters. The zero-order valence-electron chi connectivity index (χ0n) is 12.5. The molecule has 0 spiro atoms. The van der Waals surface area contributed by atoms with E-state index in [0.717, 1.165) is 15.8 Å². The highest BCUT2D eigenvalue weighted by Crippen LogP contribution is 2.31. The van der Waals surface area contributed by atoms with Gasteiger partial charge in [0.05, 0.1) is 22.4 Å². The maximum atomic E-state index is 9.75. The van der Waals surface area contributed by atoms with Gasteiger partial charge in [0.15, 0.2) is 11.5 Å². The summed E-state index contributed by atoms with van der Waals surface area (Å²) in [5.74, 6) is 0.491. The Bertz CT molecular complexity index is 889. The van der Waals surface area contributed by atoms with Gasteiger partial charge < -0.3 is 9.84 Å². The third kappa shape index (κ3) is 3.17. The number of para-hydroxylation sites is 1. The number of hydrogen-bond donors (Lipinski definition) is 1. The molecule has 114 valence electrons. The second-order valence-corrected chi connectivity index (χ2v) is 5.85. The molecule has 5 heteroatoms. The number of thiazole rings is 1. The number of aromatic hydroxyl groups is 1. The first kappa shape index (κ1) is 15.1. The first-order valence-corrected chi connectivity index (χ1v) is 7.96. The van der Waals surface area contributed by atoms with Crippen LogP contribution in [0.5, 0.6) is 11.5 Å². The molecule has 2 aromatic carbocycles. The van der Waals surface area contributed by atoms with E-state index in [1.54, 1.807) is 24.3 Å². The van der Waals surface area contributed by atoms with Gasteiger partial charge in [0.25, 0.3) is 0 Å². The molecule has 0 aliphatic carbocycles. The van der Waals surface area contributed by atoms with Gasteiger partial charge in [-0.05, 0) is 42.8 Å². The van der Waals surface area contributed by atoms with Crippen molar-refractivity contribution in [2.24, 2.45) is 0 Å². The van der Waals surface area contributed by atoms with E-state index in [-0.39, 0.29) is 5.75 Å². The molecule has 0 bridgehead atoms. The Morgan fingerprint density at radius 1 is 1.35 bits per heavy atom. The van der Waals surface area contributed by atoms with Crippen LogP contribution < -0.4 is 4.74 Å². The topological polar surface area (TPSA) is 66.1 Å². The lowest BCUT2D eigenvalue weighted by molar-refractivity contribution is 0.318. The smallest absolute Gasteiger partial charge is 0.161 e. The van der Waals surface area contributed by atoms with Gasteiger partial charge in [0.2, 0.25) is 0 Å². The second kappa shape index (κ2) is 6.51. The van der Waals surface area contributed by atoms with Crippen molar-refractivity contribution < 1.29 is 9.84 Å². The number of rotatable bonds is 4. The summed E-state index contributed by atoms with van der Waals surface area (Å²) in [6.07, 6.45) is 1.75. The predicted octanol–water partition coefficient (Wildman–Crippen LogP) is 4.46. The monoisotopic (exact) mass is 322 g/mol. The first-order valence-electron chi connectivity index (χ1n) is 7.15. The van der Waals surface area contributed by atoms with Crippen LogP contribution in [0.3, 0.4) is 0 Å². The number of phenols is 1. The van der Waals surface area contributed by atoms with Crippen LogP contribution in [0.1, 0.15) is 17.5 Å². The lowest BCUT2D eigenvalue weighted by Gasteiger charge is -2.06. The fourth-order valence-electron chi connectivity index (χ4n) is 2.19. The van der Waals surface area contributed by atoms with Crippen molar-refractivity contribution in [2.75, 3.05) is 6.61 Å². The van der Waals surface area contributed by atoms with E-state index in [4.69, 9.17) is 4.74 Å². The lowest BCUT2D eigenvalue weighted by atomic mass is 10.1. The van der Waals surface area contributed by atoms with Gasteiger partial charge in [-0.1, -0.05) is 18.2 Å². The fraction of sp³-hybridized carbons (Fsp3) is 0.111. The van der Waals surface area contributed by atoms with E-state index < -0.39 is 0 Å². The molecule has 1 N–H and O–H groups in total. The summed E-state index contributed by atoms with van der Waals surface area (Å²) in [4.78, 5) is 4.50. The molecule has 1 aromatic heterocycles. The Hall–Kier alpha value is -2.84. The normalized spacial score (nSPS) is 11.4. The molecule has 4 nitrogen and oxygen atoms in total. The number of nitriles is 1. The summed E-state index contributed by atoms with van der Waals surface area (Å²) in [5, 5.41) is 19.9. The number of hydrogen-bond acceptors (Lipinski definition) is 5. The summed E-state index contributed by atoms with van der Waals surface area (Å²) in [6, 6.07) is 15.0. The quantitative estimate of drug-likeness (QED) is 0.720. The van der Waals surface area contributed by atoms with E-state index in [0.29, 0.717) is 22.9 Å². The zero-order chi connectivity index (χ0) is 16.2. The minimum absolute atomic E-state index is 0.0856. The van der Waals surface area contributed by atoms with Crippen molar-refractivity contribution in [2.45, 2.75) is 6.92 Å². The molecule has 0 saturated carbocycles. The van der Waals surface area contributed by atoms with E-state index >= 15 is 0 Å². The molecule has 0 saturated heterocycles. The van der Waals surface area contributed by atoms with E-state index in [1.807, 2.05) is 31.2 Å². The van der Waals surface area contributed by atoms with Crippen molar-refractivity contribution in [3.63, 3.8) is 0 Å². The molecule has 0 amide bonds. The van der Waals surface area contributed by atoms with Gasteiger partial charge in [0, 0.05) is 0 Å². The number of phenolic OH excluding ortho intramolecular Hbond substituents is 1. The average Bonchev–Trinajstić information content (AvgIpc) is 2.99. The summed E-state index contributed by atoms with van der Waals surface area (Å²) < 4.78 is 6.42. The molecule has 3 aromatic rings. The number of aromatic nitrogens is 1. The Labute approximate surface area is 137 Å². The largest absolute Gasteiger partial charge is 0.504 e. The molecule has 0 fully saturated rings. The summed E-state index contributed by atoms with van der Waals surface area (Å²) in [6.45, 7) is 2.31. The van der Waals surface area contributed by atoms with E-state index in [9.17, 15) is 10.4 Å². The van der Waals surface area contributed by atoms with Gasteiger partial charge in [-0.2, -0.15) is 5.26 Å². The van der Waals surface area contributed by atoms with Crippen molar-refractivity contribution >= 4 is 33.2 Å². The van der Waals surface area contributed by atoms with Crippen LogP contribution in [0.15, 0.2) is 42.5 Å². The molecule has 0 aliphatic rings. The van der Waals surface area contributed by atoms with Gasteiger partial charge in [-0.25, -0.2) is 4.98 Å². The van der Waals surface area contributed by atoms with Crippen LogP contribution in [0.4, 0.5) is 0 Å². The maximum Gasteiger partial charge on any atom is 0.161 e. The summed E-state index contributed by atoms with van der Waals surface area (Å²) in [7, 11) is 0. The maximum absolute atomic E-state index is 9.75. The molecular weight excluding hydrogens is 308 g/mol. The lowest BCUT2D eigenvalue weighted by Crippen LogP contribution is -1.92. The SMILES string of the molecule is CCOc1cc(C=C(C#N)c2nc3ccccc3s2)ccc1O. The predicted molar refractivity (Wildman–Crippen MR) is 92.4 cm³/mol. The van der Waals surface area contributed by atoms with Crippen LogP contribution in [-0.4, -0.2) is 16.7 Å². The minimum atomic E-state index is 0.0856. The second-order valence-electron chi connectivity index (χ2n) is 4.82. The fourth-order valence-corrected chi connectivity index (χ4v) is 3.12. The number of nitrogens with zero attached hydrogens (tertiary/aromatic N) is 2. The molecule has 1 heterocycles. The van der Waals surface area contributed by atoms with Crippen LogP contribution >= 0.6 is 11.3 Å². The summed E-state index contributed by atoms with van der Waals surface area (Å²) in [5.41, 5.74) is 2.15. The Kier molecular flexibility index (Phi) is 4.26. The molecule has 23 heavy (non-hydrogen) atoms. The molecule has 0 radical (unpaired) electrons. The van der Waals surface area contributed by atoms with Crippen molar-refractivity contribution in [3.05, 3.63) is 53.0 Å². The highest BCUT2D eigenvalue weighted by molar-refractivity contribution is 7.19. The Balaban J connectivity index is 2.02. The number of ether oxygens (including phenoxy) is 1.